The molecule has 0 bridgehead atoms. The molecule has 4 heteroatoms. The molecule has 0 saturated carbocycles. The molecule has 0 fully saturated rings. The number of carboxylic acid groups (broad SMARTS) is 1. The van der Waals surface area contributed by atoms with Gasteiger partial charge in [-0.25, -0.2) is 0 Å². The van der Waals surface area contributed by atoms with E-state index in [0.29, 0.717) is 0 Å². The van der Waals surface area contributed by atoms with E-state index in [1.54, 1.807) is 0 Å². The minimum absolute atomic E-state index is 0. The molecule has 0 aromatic heterocycles. The molecule has 0 amide bonds. The van der Waals surface area contributed by atoms with Crippen molar-refractivity contribution in [2.24, 2.45) is 0 Å². The topological polar surface area (TPSA) is 40.1 Å². The minimum atomic E-state index is -1.01. The summed E-state index contributed by atoms with van der Waals surface area (Å²) in [5.74, 6) is -0.988. The van der Waals surface area contributed by atoms with Crippen LogP contribution in [0.15, 0.2) is 29.2 Å². The Kier molecular flexibility index (Phi) is 12.8. The molecule has 2 nitrogen and oxygen atoms in total. The van der Waals surface area contributed by atoms with E-state index in [9.17, 15) is 9.90 Å². The number of benzene rings is 1. The molecule has 0 N–H and O–H groups in total. The summed E-state index contributed by atoms with van der Waals surface area (Å²) in [6, 6.07) is 8.20. The van der Waals surface area contributed by atoms with E-state index < -0.39 is 5.97 Å². The molecule has 0 aliphatic carbocycles. The van der Waals surface area contributed by atoms with Gasteiger partial charge in [0.05, 0.1) is 5.97 Å². The van der Waals surface area contributed by atoms with Crippen LogP contribution in [0.5, 0.6) is 0 Å². The molecular weight excluding hydrogens is 279 g/mol. The fourth-order valence-corrected chi connectivity index (χ4v) is 2.62. The predicted octanol–water partition coefficient (Wildman–Crippen LogP) is 0.436. The van der Waals surface area contributed by atoms with Crippen molar-refractivity contribution >= 4 is 17.7 Å². The summed E-state index contributed by atoms with van der Waals surface area (Å²) < 4.78 is 0. The van der Waals surface area contributed by atoms with Gasteiger partial charge in [-0.2, -0.15) is 0 Å². The average molecular weight is 302 g/mol. The smallest absolute Gasteiger partial charge is 0.549 e. The third-order valence-corrected chi connectivity index (χ3v) is 4.08. The monoisotopic (exact) mass is 302 g/mol. The predicted molar refractivity (Wildman–Crippen MR) is 79.3 cm³/mol. The zero-order valence-corrected chi connectivity index (χ0v) is 15.5. The number of unbranched alkanes of at least 4 members (excludes halogenated alkanes) is 5. The van der Waals surface area contributed by atoms with Crippen molar-refractivity contribution in [2.45, 2.75) is 56.8 Å². The number of carboxylic acids is 1. The fraction of sp³-hybridized carbons (Fsp3) is 0.562. The van der Waals surface area contributed by atoms with E-state index in [4.69, 9.17) is 0 Å². The molecule has 1 rings (SSSR count). The van der Waals surface area contributed by atoms with Gasteiger partial charge >= 0.3 is 29.6 Å². The van der Waals surface area contributed by atoms with E-state index in [0.717, 1.165) is 11.3 Å². The zero-order chi connectivity index (χ0) is 13.9. The summed E-state index contributed by atoms with van der Waals surface area (Å²) in [6.45, 7) is 2.24. The number of carbonyl (C=O) groups excluding carboxylic acids is 1. The summed E-state index contributed by atoms with van der Waals surface area (Å²) in [6.07, 6.45) is 9.02. The number of hydrogen-bond acceptors (Lipinski definition) is 3. The summed E-state index contributed by atoms with van der Waals surface area (Å²) in [5.41, 5.74) is 1.34. The average Bonchev–Trinajstić information content (AvgIpc) is 2.41. The molecule has 0 spiro atoms. The van der Waals surface area contributed by atoms with Gasteiger partial charge in [-0.05, 0) is 30.5 Å². The van der Waals surface area contributed by atoms with Gasteiger partial charge in [0.1, 0.15) is 0 Å². The minimum Gasteiger partial charge on any atom is -0.549 e. The third-order valence-electron chi connectivity index (χ3n) is 3.10. The Morgan fingerprint density at radius 2 is 1.65 bits per heavy atom. The van der Waals surface area contributed by atoms with Crippen LogP contribution in [0.25, 0.3) is 0 Å². The maximum absolute atomic E-state index is 10.4. The van der Waals surface area contributed by atoms with Crippen LogP contribution in [-0.4, -0.2) is 11.7 Å². The first-order chi connectivity index (χ1) is 9.22. The van der Waals surface area contributed by atoms with Crippen LogP contribution in [0.2, 0.25) is 0 Å². The Morgan fingerprint density at radius 3 is 2.25 bits per heavy atom. The quantitative estimate of drug-likeness (QED) is 0.358. The van der Waals surface area contributed by atoms with Gasteiger partial charge in [0, 0.05) is 10.6 Å². The largest absolute Gasteiger partial charge is 1.00 e. The van der Waals surface area contributed by atoms with E-state index in [1.807, 2.05) is 12.1 Å². The van der Waals surface area contributed by atoms with Gasteiger partial charge in [-0.1, -0.05) is 51.2 Å². The molecule has 0 atom stereocenters. The maximum atomic E-state index is 10.4. The molecule has 0 unspecified atom stereocenters. The summed E-state index contributed by atoms with van der Waals surface area (Å²) in [5, 5.41) is 10.4. The SMILES string of the molecule is CCCCCCCCc1ccc(SCC(=O)[O-])cc1.[Na+]. The molecule has 1 aromatic rings. The summed E-state index contributed by atoms with van der Waals surface area (Å²) >= 11 is 1.31. The van der Waals surface area contributed by atoms with Crippen molar-refractivity contribution in [3.8, 4) is 0 Å². The molecule has 0 aliphatic heterocycles. The third kappa shape index (κ3) is 9.87. The van der Waals surface area contributed by atoms with Crippen molar-refractivity contribution in [3.63, 3.8) is 0 Å². The molecule has 0 radical (unpaired) electrons. The Morgan fingerprint density at radius 1 is 1.05 bits per heavy atom. The van der Waals surface area contributed by atoms with Gasteiger partial charge in [0.15, 0.2) is 0 Å². The number of rotatable bonds is 10. The van der Waals surface area contributed by atoms with Crippen LogP contribution in [-0.2, 0) is 11.2 Å². The molecule has 0 aliphatic rings. The van der Waals surface area contributed by atoms with Gasteiger partial charge in [-0.15, -0.1) is 11.8 Å². The second-order valence-electron chi connectivity index (χ2n) is 4.82. The molecular formula is C16H23NaO2S. The standard InChI is InChI=1S/C16H24O2S.Na/c1-2-3-4-5-6-7-8-14-9-11-15(12-10-14)19-13-16(17)18;/h9-12H,2-8,13H2,1H3,(H,17,18);/q;+1/p-1. The molecule has 20 heavy (non-hydrogen) atoms. The Hall–Kier alpha value is 0.0400. The van der Waals surface area contributed by atoms with E-state index in [2.05, 4.69) is 19.1 Å². The Bertz CT molecular complexity index is 365. The number of aliphatic carboxylic acids is 1. The van der Waals surface area contributed by atoms with Crippen LogP contribution in [0.3, 0.4) is 0 Å². The van der Waals surface area contributed by atoms with Crippen LogP contribution in [0.1, 0.15) is 51.0 Å². The van der Waals surface area contributed by atoms with Crippen molar-refractivity contribution < 1.29 is 39.5 Å². The summed E-state index contributed by atoms with van der Waals surface area (Å²) in [7, 11) is 0. The first-order valence-electron chi connectivity index (χ1n) is 7.14. The second kappa shape index (κ2) is 12.8. The number of hydrogen-bond donors (Lipinski definition) is 0. The van der Waals surface area contributed by atoms with E-state index in [1.165, 1.54) is 55.9 Å². The van der Waals surface area contributed by atoms with Gasteiger partial charge in [0.25, 0.3) is 0 Å². The number of aryl methyl sites for hydroxylation is 1. The second-order valence-corrected chi connectivity index (χ2v) is 5.87. The normalized spacial score (nSPS) is 10.1. The molecule has 1 aromatic carbocycles. The first kappa shape index (κ1) is 20.0. The van der Waals surface area contributed by atoms with Crippen LogP contribution < -0.4 is 34.7 Å². The van der Waals surface area contributed by atoms with E-state index >= 15 is 0 Å². The summed E-state index contributed by atoms with van der Waals surface area (Å²) in [4.78, 5) is 11.4. The first-order valence-corrected chi connectivity index (χ1v) is 8.12. The van der Waals surface area contributed by atoms with E-state index in [-0.39, 0.29) is 35.3 Å². The molecule has 0 heterocycles. The maximum Gasteiger partial charge on any atom is 1.00 e. The zero-order valence-electron chi connectivity index (χ0n) is 12.7. The number of thioether (sulfide) groups is 1. The van der Waals surface area contributed by atoms with Gasteiger partial charge < -0.3 is 9.90 Å². The molecule has 0 saturated heterocycles. The Labute approximate surface area is 149 Å². The van der Waals surface area contributed by atoms with Crippen molar-refractivity contribution in [1.82, 2.24) is 0 Å². The molecule has 106 valence electrons. The fourth-order valence-electron chi connectivity index (χ4n) is 2.00. The Balaban J connectivity index is 0.00000361. The van der Waals surface area contributed by atoms with Crippen molar-refractivity contribution in [1.29, 1.82) is 0 Å². The van der Waals surface area contributed by atoms with Crippen molar-refractivity contribution in [2.75, 3.05) is 5.75 Å². The van der Waals surface area contributed by atoms with Crippen molar-refractivity contribution in [3.05, 3.63) is 29.8 Å². The van der Waals surface area contributed by atoms with Crippen LogP contribution >= 0.6 is 11.8 Å². The van der Waals surface area contributed by atoms with Gasteiger partial charge in [0.2, 0.25) is 0 Å². The van der Waals surface area contributed by atoms with Crippen LogP contribution in [0.4, 0.5) is 0 Å². The van der Waals surface area contributed by atoms with Crippen LogP contribution in [0, 0.1) is 0 Å². The number of carbonyl (C=O) groups is 1. The van der Waals surface area contributed by atoms with Gasteiger partial charge in [-0.3, -0.25) is 0 Å².